The number of hydrogen-bond acceptors (Lipinski definition) is 6. The van der Waals surface area contributed by atoms with Crippen molar-refractivity contribution in [1.29, 1.82) is 0 Å². The van der Waals surface area contributed by atoms with E-state index in [4.69, 9.17) is 9.72 Å². The third-order valence-corrected chi connectivity index (χ3v) is 8.97. The monoisotopic (exact) mass is 497 g/mol. The average molecular weight is 498 g/mol. The van der Waals surface area contributed by atoms with Crippen LogP contribution in [-0.4, -0.2) is 34.4 Å². The molecule has 2 heterocycles. The third kappa shape index (κ3) is 4.89. The molecule has 1 aromatic carbocycles. The second-order valence-corrected chi connectivity index (χ2v) is 11.2. The van der Waals surface area contributed by atoms with Crippen molar-refractivity contribution in [2.75, 3.05) is 12.9 Å². The molecule has 0 atom stereocenters. The topological polar surface area (TPSA) is 73.2 Å². The summed E-state index contributed by atoms with van der Waals surface area (Å²) in [5.74, 6) is 0.990. The molecule has 8 heteroatoms. The van der Waals surface area contributed by atoms with Crippen LogP contribution in [0.15, 0.2) is 34.2 Å². The fourth-order valence-electron chi connectivity index (χ4n) is 5.07. The molecular weight excluding hydrogens is 466 g/mol. The SMILES string of the molecule is COc1ccc(-n2c(SCC(=O)NC3CCCCCC3)nc3sc4c(c3c2=O)CCCC4)cc1. The van der Waals surface area contributed by atoms with E-state index in [0.29, 0.717) is 5.16 Å². The molecule has 0 spiro atoms. The Balaban J connectivity index is 1.47. The van der Waals surface area contributed by atoms with E-state index in [-0.39, 0.29) is 23.3 Å². The van der Waals surface area contributed by atoms with Crippen LogP contribution in [0.2, 0.25) is 0 Å². The number of nitrogens with zero attached hydrogens (tertiary/aromatic N) is 2. The van der Waals surface area contributed by atoms with E-state index in [1.165, 1.54) is 47.9 Å². The Morgan fingerprint density at radius 3 is 2.59 bits per heavy atom. The van der Waals surface area contributed by atoms with Crippen LogP contribution in [0.4, 0.5) is 0 Å². The molecule has 6 nitrogen and oxygen atoms in total. The Hall–Kier alpha value is -2.32. The molecule has 1 N–H and O–H groups in total. The van der Waals surface area contributed by atoms with Crippen molar-refractivity contribution in [2.24, 2.45) is 0 Å². The molecule has 0 radical (unpaired) electrons. The Labute approximate surface area is 208 Å². The van der Waals surface area contributed by atoms with E-state index in [1.807, 2.05) is 24.3 Å². The van der Waals surface area contributed by atoms with Gasteiger partial charge in [-0.25, -0.2) is 4.98 Å². The minimum atomic E-state index is -0.0405. The molecule has 0 saturated heterocycles. The van der Waals surface area contributed by atoms with Crippen molar-refractivity contribution in [3.8, 4) is 11.4 Å². The van der Waals surface area contributed by atoms with Gasteiger partial charge in [-0.05, 0) is 68.4 Å². The van der Waals surface area contributed by atoms with Crippen LogP contribution in [0, 0.1) is 0 Å². The lowest BCUT2D eigenvalue weighted by atomic mass is 9.97. The second kappa shape index (κ2) is 10.5. The minimum Gasteiger partial charge on any atom is -0.497 e. The molecule has 34 heavy (non-hydrogen) atoms. The first kappa shape index (κ1) is 23.4. The van der Waals surface area contributed by atoms with Gasteiger partial charge in [-0.1, -0.05) is 37.4 Å². The number of carbonyl (C=O) groups excluding carboxylic acids is 1. The molecule has 2 aromatic heterocycles. The molecule has 2 aliphatic rings. The van der Waals surface area contributed by atoms with Gasteiger partial charge >= 0.3 is 0 Å². The van der Waals surface area contributed by atoms with Crippen LogP contribution < -0.4 is 15.6 Å². The number of thiophene rings is 1. The molecular formula is C26H31N3O3S2. The zero-order chi connectivity index (χ0) is 23.5. The van der Waals surface area contributed by atoms with Crippen LogP contribution >= 0.6 is 23.1 Å². The number of aryl methyl sites for hydroxylation is 2. The second-order valence-electron chi connectivity index (χ2n) is 9.17. The van der Waals surface area contributed by atoms with Crippen LogP contribution in [0.3, 0.4) is 0 Å². The Kier molecular flexibility index (Phi) is 7.25. The van der Waals surface area contributed by atoms with E-state index in [1.54, 1.807) is 23.0 Å². The van der Waals surface area contributed by atoms with Crippen LogP contribution in [-0.2, 0) is 17.6 Å². The minimum absolute atomic E-state index is 0.0120. The Morgan fingerprint density at radius 2 is 1.85 bits per heavy atom. The highest BCUT2D eigenvalue weighted by atomic mass is 32.2. The van der Waals surface area contributed by atoms with Gasteiger partial charge in [0.05, 0.1) is 23.9 Å². The number of benzene rings is 1. The molecule has 1 fully saturated rings. The molecule has 0 unspecified atom stereocenters. The van der Waals surface area contributed by atoms with Gasteiger partial charge in [0.2, 0.25) is 5.91 Å². The fraction of sp³-hybridized carbons (Fsp3) is 0.500. The number of rotatable bonds is 6. The van der Waals surface area contributed by atoms with Gasteiger partial charge in [0, 0.05) is 10.9 Å². The van der Waals surface area contributed by atoms with Gasteiger partial charge in [0.25, 0.3) is 5.56 Å². The molecule has 1 amide bonds. The van der Waals surface area contributed by atoms with Gasteiger partial charge in [0.1, 0.15) is 10.6 Å². The quantitative estimate of drug-likeness (QED) is 0.285. The highest BCUT2D eigenvalue weighted by molar-refractivity contribution is 7.99. The van der Waals surface area contributed by atoms with Crippen LogP contribution in [0.1, 0.15) is 61.8 Å². The fourth-order valence-corrected chi connectivity index (χ4v) is 7.19. The molecule has 0 aliphatic heterocycles. The van der Waals surface area contributed by atoms with Gasteiger partial charge in [-0.15, -0.1) is 11.3 Å². The lowest BCUT2D eigenvalue weighted by Gasteiger charge is -2.17. The van der Waals surface area contributed by atoms with Gasteiger partial charge in [-0.2, -0.15) is 0 Å². The molecule has 180 valence electrons. The predicted molar refractivity (Wildman–Crippen MR) is 139 cm³/mol. The maximum Gasteiger partial charge on any atom is 0.267 e. The van der Waals surface area contributed by atoms with Crippen molar-refractivity contribution in [1.82, 2.24) is 14.9 Å². The van der Waals surface area contributed by atoms with Crippen molar-refractivity contribution in [3.05, 3.63) is 45.1 Å². The largest absolute Gasteiger partial charge is 0.497 e. The van der Waals surface area contributed by atoms with E-state index in [2.05, 4.69) is 5.32 Å². The number of ether oxygens (including phenoxy) is 1. The van der Waals surface area contributed by atoms with E-state index in [0.717, 1.165) is 60.2 Å². The molecule has 5 rings (SSSR count). The van der Waals surface area contributed by atoms with Crippen LogP contribution in [0.5, 0.6) is 5.75 Å². The van der Waals surface area contributed by atoms with E-state index >= 15 is 0 Å². The molecule has 0 bridgehead atoms. The Morgan fingerprint density at radius 1 is 1.12 bits per heavy atom. The summed E-state index contributed by atoms with van der Waals surface area (Å²) >= 11 is 2.99. The number of thioether (sulfide) groups is 1. The highest BCUT2D eigenvalue weighted by Gasteiger charge is 2.23. The summed E-state index contributed by atoms with van der Waals surface area (Å²) in [7, 11) is 1.63. The number of hydrogen-bond donors (Lipinski definition) is 1. The standard InChI is InChI=1S/C26H31N3O3S2/c1-32-19-14-12-18(13-15-19)29-25(31)23-20-10-6-7-11-21(20)34-24(23)28-26(29)33-16-22(30)27-17-8-4-2-3-5-9-17/h12-15,17H,2-11,16H2,1H3,(H,27,30). The summed E-state index contributed by atoms with van der Waals surface area (Å²) in [5, 5.41) is 4.53. The number of fused-ring (bicyclic) bond motifs is 3. The van der Waals surface area contributed by atoms with Crippen molar-refractivity contribution in [3.63, 3.8) is 0 Å². The number of nitrogens with one attached hydrogen (secondary N) is 1. The molecule has 1 saturated carbocycles. The number of amides is 1. The summed E-state index contributed by atoms with van der Waals surface area (Å²) in [4.78, 5) is 33.6. The Bertz CT molecular complexity index is 1220. The lowest BCUT2D eigenvalue weighted by Crippen LogP contribution is -2.35. The van der Waals surface area contributed by atoms with E-state index < -0.39 is 0 Å². The average Bonchev–Trinajstić information content (AvgIpc) is 3.04. The first-order valence-corrected chi connectivity index (χ1v) is 14.1. The molecule has 2 aliphatic carbocycles. The van der Waals surface area contributed by atoms with Gasteiger partial charge < -0.3 is 10.1 Å². The predicted octanol–water partition coefficient (Wildman–Crippen LogP) is 5.27. The van der Waals surface area contributed by atoms with Crippen molar-refractivity contribution < 1.29 is 9.53 Å². The van der Waals surface area contributed by atoms with Crippen molar-refractivity contribution >= 4 is 39.2 Å². The number of methoxy groups -OCH3 is 1. The smallest absolute Gasteiger partial charge is 0.267 e. The molecule has 3 aromatic rings. The maximum atomic E-state index is 13.8. The summed E-state index contributed by atoms with van der Waals surface area (Å²) in [6.07, 6.45) is 11.2. The zero-order valence-electron chi connectivity index (χ0n) is 19.6. The van der Waals surface area contributed by atoms with Gasteiger partial charge in [-0.3, -0.25) is 14.2 Å². The first-order valence-electron chi connectivity index (χ1n) is 12.3. The number of carbonyl (C=O) groups is 1. The third-order valence-electron chi connectivity index (χ3n) is 6.84. The maximum absolute atomic E-state index is 13.8. The highest BCUT2D eigenvalue weighted by Crippen LogP contribution is 2.35. The van der Waals surface area contributed by atoms with Crippen molar-refractivity contribution in [2.45, 2.75) is 75.4 Å². The summed E-state index contributed by atoms with van der Waals surface area (Å²) in [6.45, 7) is 0. The van der Waals surface area contributed by atoms with E-state index in [9.17, 15) is 9.59 Å². The van der Waals surface area contributed by atoms with Gasteiger partial charge in [0.15, 0.2) is 5.16 Å². The number of aromatic nitrogens is 2. The summed E-state index contributed by atoms with van der Waals surface area (Å²) in [5.41, 5.74) is 1.87. The summed E-state index contributed by atoms with van der Waals surface area (Å²) < 4.78 is 6.97. The zero-order valence-corrected chi connectivity index (χ0v) is 21.2. The normalized spacial score (nSPS) is 16.7. The first-order chi connectivity index (χ1) is 16.6. The van der Waals surface area contributed by atoms with Crippen LogP contribution in [0.25, 0.3) is 15.9 Å². The lowest BCUT2D eigenvalue weighted by molar-refractivity contribution is -0.119. The summed E-state index contributed by atoms with van der Waals surface area (Å²) in [6, 6.07) is 7.72.